The monoisotopic (exact) mass is 359 g/mol. The standard InChI is InChI=1S/C20H25NO5/c1-15(20(23)21-10-4-2-3-5-11-21)26-19(22)9-7-16-6-8-17-18(14-16)25-13-12-24-17/h6-9,14-15H,2-5,10-13H2,1H3/b9-7+/t15-/m0/s1. The first-order chi connectivity index (χ1) is 12.6. The third-order valence-electron chi connectivity index (χ3n) is 4.54. The summed E-state index contributed by atoms with van der Waals surface area (Å²) in [4.78, 5) is 26.3. The summed E-state index contributed by atoms with van der Waals surface area (Å²) in [6.07, 6.45) is 6.52. The predicted octanol–water partition coefficient (Wildman–Crippen LogP) is 2.81. The van der Waals surface area contributed by atoms with Crippen molar-refractivity contribution in [2.75, 3.05) is 26.3 Å². The van der Waals surface area contributed by atoms with Crippen LogP contribution in [0.5, 0.6) is 11.5 Å². The minimum absolute atomic E-state index is 0.118. The number of nitrogens with zero attached hydrogens (tertiary/aromatic N) is 1. The fourth-order valence-corrected chi connectivity index (χ4v) is 3.14. The normalized spacial score (nSPS) is 18.3. The van der Waals surface area contributed by atoms with Crippen molar-refractivity contribution in [1.29, 1.82) is 0 Å². The van der Waals surface area contributed by atoms with Crippen molar-refractivity contribution >= 4 is 18.0 Å². The van der Waals surface area contributed by atoms with Gasteiger partial charge in [-0.05, 0) is 43.5 Å². The molecule has 1 aromatic carbocycles. The van der Waals surface area contributed by atoms with Crippen molar-refractivity contribution in [3.63, 3.8) is 0 Å². The number of carbonyl (C=O) groups excluding carboxylic acids is 2. The molecular formula is C20H25NO5. The van der Waals surface area contributed by atoms with Crippen molar-refractivity contribution in [3.8, 4) is 11.5 Å². The van der Waals surface area contributed by atoms with Gasteiger partial charge >= 0.3 is 5.97 Å². The molecule has 0 radical (unpaired) electrons. The van der Waals surface area contributed by atoms with Gasteiger partial charge < -0.3 is 19.1 Å². The second kappa shape index (κ2) is 8.74. The number of benzene rings is 1. The molecule has 0 N–H and O–H groups in total. The lowest BCUT2D eigenvalue weighted by Gasteiger charge is -2.23. The fraction of sp³-hybridized carbons (Fsp3) is 0.500. The Morgan fingerprint density at radius 1 is 1.08 bits per heavy atom. The Bertz CT molecular complexity index is 677. The highest BCUT2D eigenvalue weighted by atomic mass is 16.6. The summed E-state index contributed by atoms with van der Waals surface area (Å²) in [6, 6.07) is 5.46. The Balaban J connectivity index is 1.54. The zero-order valence-electron chi connectivity index (χ0n) is 15.1. The second-order valence-electron chi connectivity index (χ2n) is 6.56. The molecule has 0 aromatic heterocycles. The fourth-order valence-electron chi connectivity index (χ4n) is 3.14. The molecule has 2 aliphatic rings. The van der Waals surface area contributed by atoms with E-state index in [9.17, 15) is 9.59 Å². The summed E-state index contributed by atoms with van der Waals surface area (Å²) in [7, 11) is 0. The third-order valence-corrected chi connectivity index (χ3v) is 4.54. The molecule has 0 bridgehead atoms. The van der Waals surface area contributed by atoms with Gasteiger partial charge in [-0.25, -0.2) is 4.79 Å². The van der Waals surface area contributed by atoms with Crippen LogP contribution >= 0.6 is 0 Å². The highest BCUT2D eigenvalue weighted by molar-refractivity contribution is 5.90. The molecule has 6 nitrogen and oxygen atoms in total. The van der Waals surface area contributed by atoms with E-state index < -0.39 is 12.1 Å². The van der Waals surface area contributed by atoms with Crippen molar-refractivity contribution in [2.24, 2.45) is 0 Å². The molecule has 1 atom stereocenters. The molecule has 3 rings (SSSR count). The van der Waals surface area contributed by atoms with Gasteiger partial charge in [0.25, 0.3) is 5.91 Å². The van der Waals surface area contributed by atoms with Crippen LogP contribution in [-0.4, -0.2) is 49.2 Å². The predicted molar refractivity (Wildman–Crippen MR) is 97.1 cm³/mol. The summed E-state index contributed by atoms with van der Waals surface area (Å²) < 4.78 is 16.3. The van der Waals surface area contributed by atoms with Crippen molar-refractivity contribution < 1.29 is 23.8 Å². The van der Waals surface area contributed by atoms with Crippen molar-refractivity contribution in [3.05, 3.63) is 29.8 Å². The smallest absolute Gasteiger partial charge is 0.331 e. The summed E-state index contributed by atoms with van der Waals surface area (Å²) in [5.74, 6) is 0.715. The SMILES string of the molecule is C[C@H](OC(=O)/C=C/c1ccc2c(c1)OCCO2)C(=O)N1CCCCCC1. The maximum Gasteiger partial charge on any atom is 0.331 e. The number of amides is 1. The molecule has 0 saturated carbocycles. The molecular weight excluding hydrogens is 334 g/mol. The lowest BCUT2D eigenvalue weighted by molar-refractivity contribution is -0.155. The van der Waals surface area contributed by atoms with Gasteiger partial charge in [-0.1, -0.05) is 18.9 Å². The van der Waals surface area contributed by atoms with E-state index >= 15 is 0 Å². The van der Waals surface area contributed by atoms with Gasteiger partial charge in [0, 0.05) is 19.2 Å². The van der Waals surface area contributed by atoms with E-state index in [4.69, 9.17) is 14.2 Å². The molecule has 2 heterocycles. The Morgan fingerprint density at radius 2 is 1.77 bits per heavy atom. The topological polar surface area (TPSA) is 65.1 Å². The van der Waals surface area contributed by atoms with Crippen LogP contribution in [0.4, 0.5) is 0 Å². The minimum atomic E-state index is -0.773. The van der Waals surface area contributed by atoms with E-state index in [2.05, 4.69) is 0 Å². The van der Waals surface area contributed by atoms with Gasteiger partial charge in [0.05, 0.1) is 0 Å². The molecule has 0 unspecified atom stereocenters. The molecule has 2 aliphatic heterocycles. The second-order valence-corrected chi connectivity index (χ2v) is 6.56. The quantitative estimate of drug-likeness (QED) is 0.611. The Hall–Kier alpha value is -2.50. The molecule has 1 fully saturated rings. The van der Waals surface area contributed by atoms with E-state index in [0.29, 0.717) is 24.7 Å². The van der Waals surface area contributed by atoms with E-state index in [1.807, 2.05) is 18.2 Å². The molecule has 6 heteroatoms. The van der Waals surface area contributed by atoms with E-state index in [-0.39, 0.29) is 5.91 Å². The highest BCUT2D eigenvalue weighted by Crippen LogP contribution is 2.31. The summed E-state index contributed by atoms with van der Waals surface area (Å²) >= 11 is 0. The van der Waals surface area contributed by atoms with Crippen LogP contribution in [0.2, 0.25) is 0 Å². The molecule has 140 valence electrons. The molecule has 0 spiro atoms. The average Bonchev–Trinajstić information content (AvgIpc) is 2.95. The number of esters is 1. The number of hydrogen-bond acceptors (Lipinski definition) is 5. The Morgan fingerprint density at radius 3 is 2.50 bits per heavy atom. The van der Waals surface area contributed by atoms with Crippen LogP contribution in [0.15, 0.2) is 24.3 Å². The number of fused-ring (bicyclic) bond motifs is 1. The largest absolute Gasteiger partial charge is 0.486 e. The van der Waals surface area contributed by atoms with Crippen LogP contribution in [0.25, 0.3) is 6.08 Å². The van der Waals surface area contributed by atoms with Crippen molar-refractivity contribution in [1.82, 2.24) is 4.90 Å². The maximum atomic E-state index is 12.4. The first-order valence-electron chi connectivity index (χ1n) is 9.20. The first-order valence-corrected chi connectivity index (χ1v) is 9.20. The van der Waals surface area contributed by atoms with Gasteiger partial charge in [0.1, 0.15) is 13.2 Å². The highest BCUT2D eigenvalue weighted by Gasteiger charge is 2.23. The lowest BCUT2D eigenvalue weighted by atomic mass is 10.2. The zero-order valence-corrected chi connectivity index (χ0v) is 15.1. The summed E-state index contributed by atoms with van der Waals surface area (Å²) in [6.45, 7) is 4.17. The number of hydrogen-bond donors (Lipinski definition) is 0. The average molecular weight is 359 g/mol. The lowest BCUT2D eigenvalue weighted by Crippen LogP contribution is -2.40. The zero-order chi connectivity index (χ0) is 18.4. The van der Waals surface area contributed by atoms with Gasteiger partial charge in [0.15, 0.2) is 17.6 Å². The van der Waals surface area contributed by atoms with Gasteiger partial charge in [-0.2, -0.15) is 0 Å². The van der Waals surface area contributed by atoms with E-state index in [0.717, 1.165) is 44.3 Å². The van der Waals surface area contributed by atoms with Gasteiger partial charge in [-0.15, -0.1) is 0 Å². The minimum Gasteiger partial charge on any atom is -0.486 e. The summed E-state index contributed by atoms with van der Waals surface area (Å²) in [5, 5.41) is 0. The van der Waals surface area contributed by atoms with Crippen LogP contribution in [0.1, 0.15) is 38.2 Å². The number of ether oxygens (including phenoxy) is 3. The van der Waals surface area contributed by atoms with Gasteiger partial charge in [0.2, 0.25) is 0 Å². The molecule has 0 aliphatic carbocycles. The van der Waals surface area contributed by atoms with E-state index in [1.54, 1.807) is 17.9 Å². The van der Waals surface area contributed by atoms with E-state index in [1.165, 1.54) is 6.08 Å². The number of carbonyl (C=O) groups is 2. The van der Waals surface area contributed by atoms with Crippen LogP contribution in [0, 0.1) is 0 Å². The maximum absolute atomic E-state index is 12.4. The Kier molecular flexibility index (Phi) is 6.15. The van der Waals surface area contributed by atoms with Crippen LogP contribution in [-0.2, 0) is 14.3 Å². The number of likely N-dealkylation sites (tertiary alicyclic amines) is 1. The third kappa shape index (κ3) is 4.77. The van der Waals surface area contributed by atoms with Crippen LogP contribution < -0.4 is 9.47 Å². The molecule has 1 amide bonds. The summed E-state index contributed by atoms with van der Waals surface area (Å²) in [5.41, 5.74) is 0.803. The molecule has 1 aromatic rings. The van der Waals surface area contributed by atoms with Crippen LogP contribution in [0.3, 0.4) is 0 Å². The number of rotatable bonds is 4. The van der Waals surface area contributed by atoms with Gasteiger partial charge in [-0.3, -0.25) is 4.79 Å². The molecule has 26 heavy (non-hydrogen) atoms. The molecule has 1 saturated heterocycles. The first kappa shape index (κ1) is 18.3. The van der Waals surface area contributed by atoms with Crippen molar-refractivity contribution in [2.45, 2.75) is 38.7 Å². The Labute approximate surface area is 153 Å².